The molecular weight excluding hydrogens is 510 g/mol. The first-order valence-electron chi connectivity index (χ1n) is 14.7. The molecule has 42 heavy (non-hydrogen) atoms. The molecule has 0 saturated carbocycles. The maximum absolute atomic E-state index is 5.21. The number of allylic oxidation sites excluding steroid dienone is 4. The monoisotopic (exact) mass is 540 g/mol. The number of benzene rings is 5. The van der Waals surface area contributed by atoms with Gasteiger partial charge >= 0.3 is 0 Å². The van der Waals surface area contributed by atoms with Crippen LogP contribution in [0.2, 0.25) is 0 Å². The highest BCUT2D eigenvalue weighted by Gasteiger charge is 2.40. The van der Waals surface area contributed by atoms with Gasteiger partial charge < -0.3 is 0 Å². The Morgan fingerprint density at radius 3 is 2.14 bits per heavy atom. The zero-order valence-electron chi connectivity index (χ0n) is 23.2. The minimum Gasteiger partial charge on any atom is -0.248 e. The van der Waals surface area contributed by atoms with Crippen LogP contribution in [0.5, 0.6) is 0 Å². The number of hydrogen-bond donors (Lipinski definition) is 1. The SMILES string of the molecule is C1=CC(c2cc(-c3ccccc3)c3c(ccc4ccc(C5NC(c6ccccc6)=[N+]5c5ccccc5)cc43)n2)=CCC1. The molecule has 1 unspecified atom stereocenters. The first-order chi connectivity index (χ1) is 20.8. The second-order valence-electron chi connectivity index (χ2n) is 11.0. The van der Waals surface area contributed by atoms with E-state index < -0.39 is 0 Å². The molecule has 0 radical (unpaired) electrons. The maximum atomic E-state index is 5.21. The summed E-state index contributed by atoms with van der Waals surface area (Å²) in [6.07, 6.45) is 8.94. The van der Waals surface area contributed by atoms with Crippen molar-refractivity contribution in [3.63, 3.8) is 0 Å². The van der Waals surface area contributed by atoms with Crippen molar-refractivity contribution in [2.75, 3.05) is 0 Å². The van der Waals surface area contributed by atoms with E-state index in [1.165, 1.54) is 49.7 Å². The van der Waals surface area contributed by atoms with E-state index in [4.69, 9.17) is 4.98 Å². The number of rotatable bonds is 5. The largest absolute Gasteiger partial charge is 0.289 e. The average molecular weight is 541 g/mol. The number of fused-ring (bicyclic) bond motifs is 3. The van der Waals surface area contributed by atoms with Crippen molar-refractivity contribution in [2.24, 2.45) is 0 Å². The van der Waals surface area contributed by atoms with Gasteiger partial charge in [-0.15, -0.1) is 0 Å². The van der Waals surface area contributed by atoms with Gasteiger partial charge in [-0.1, -0.05) is 97.1 Å². The number of pyridine rings is 1. The predicted molar refractivity (Wildman–Crippen MR) is 174 cm³/mol. The molecule has 2 heterocycles. The fraction of sp³-hybridized carbons (Fsp3) is 0.0769. The average Bonchev–Trinajstić information content (AvgIpc) is 3.05. The lowest BCUT2D eigenvalue weighted by Crippen LogP contribution is -2.51. The molecule has 1 N–H and O–H groups in total. The van der Waals surface area contributed by atoms with E-state index in [-0.39, 0.29) is 6.17 Å². The van der Waals surface area contributed by atoms with Gasteiger partial charge in [-0.2, -0.15) is 4.58 Å². The topological polar surface area (TPSA) is 27.9 Å². The Kier molecular flexibility index (Phi) is 6.00. The number of hydrogen-bond acceptors (Lipinski definition) is 2. The van der Waals surface area contributed by atoms with E-state index in [1.54, 1.807) is 0 Å². The zero-order valence-corrected chi connectivity index (χ0v) is 23.2. The molecule has 1 aliphatic heterocycles. The van der Waals surface area contributed by atoms with Crippen LogP contribution in [-0.2, 0) is 0 Å². The second-order valence-corrected chi connectivity index (χ2v) is 11.0. The Morgan fingerprint density at radius 1 is 0.690 bits per heavy atom. The number of nitrogens with zero attached hydrogens (tertiary/aromatic N) is 2. The molecule has 5 aromatic carbocycles. The molecule has 1 aromatic heterocycles. The normalized spacial score (nSPS) is 16.3. The predicted octanol–water partition coefficient (Wildman–Crippen LogP) is 9.18. The molecule has 2 aliphatic rings. The number of nitrogens with one attached hydrogen (secondary N) is 1. The minimum atomic E-state index is 0.0206. The van der Waals surface area contributed by atoms with Gasteiger partial charge in [-0.05, 0) is 88.8 Å². The molecule has 6 aromatic rings. The lowest BCUT2D eigenvalue weighted by atomic mass is 9.92. The molecule has 0 amide bonds. The highest BCUT2D eigenvalue weighted by molar-refractivity contribution is 6.14. The van der Waals surface area contributed by atoms with Gasteiger partial charge in [0, 0.05) is 10.9 Å². The van der Waals surface area contributed by atoms with Crippen molar-refractivity contribution in [3.05, 3.63) is 162 Å². The van der Waals surface area contributed by atoms with Crippen LogP contribution >= 0.6 is 0 Å². The zero-order chi connectivity index (χ0) is 27.9. The van der Waals surface area contributed by atoms with Gasteiger partial charge in [0.25, 0.3) is 12.0 Å². The van der Waals surface area contributed by atoms with Crippen LogP contribution in [-0.4, -0.2) is 15.4 Å². The minimum absolute atomic E-state index is 0.0206. The second kappa shape index (κ2) is 10.3. The molecule has 200 valence electrons. The summed E-state index contributed by atoms with van der Waals surface area (Å²) in [6.45, 7) is 0. The first-order valence-corrected chi connectivity index (χ1v) is 14.7. The standard InChI is InChI=1S/C39H29N3/c1-5-13-27(14-6-1)34-26-36(29-15-7-2-8-16-29)40-35-24-23-28-21-22-31(25-33(28)37(34)35)39-41-38(30-17-9-3-10-18-30)42(39)32-19-11-4-12-20-32/h1,3-7,9-26,39H,2,8H2/p+1. The summed E-state index contributed by atoms with van der Waals surface area (Å²) in [5.41, 5.74) is 9.25. The van der Waals surface area contributed by atoms with Crippen molar-refractivity contribution in [1.29, 1.82) is 0 Å². The van der Waals surface area contributed by atoms with Gasteiger partial charge in [0.05, 0.1) is 16.8 Å². The van der Waals surface area contributed by atoms with Crippen LogP contribution in [0.3, 0.4) is 0 Å². The van der Waals surface area contributed by atoms with E-state index >= 15 is 0 Å². The van der Waals surface area contributed by atoms with Gasteiger partial charge in [0.1, 0.15) is 5.69 Å². The molecule has 0 saturated heterocycles. The third-order valence-electron chi connectivity index (χ3n) is 8.36. The summed E-state index contributed by atoms with van der Waals surface area (Å²) >= 11 is 0. The molecule has 8 rings (SSSR count). The summed E-state index contributed by atoms with van der Waals surface area (Å²) in [7, 11) is 0. The Balaban J connectivity index is 1.33. The summed E-state index contributed by atoms with van der Waals surface area (Å²) in [4.78, 5) is 5.21. The van der Waals surface area contributed by atoms with Crippen LogP contribution < -0.4 is 5.32 Å². The quantitative estimate of drug-likeness (QED) is 0.174. The van der Waals surface area contributed by atoms with E-state index in [0.717, 1.165) is 29.9 Å². The fourth-order valence-corrected chi connectivity index (χ4v) is 6.28. The molecule has 0 spiro atoms. The maximum Gasteiger partial charge on any atom is 0.289 e. The Morgan fingerprint density at radius 2 is 1.40 bits per heavy atom. The molecular formula is C39H30N3+. The number of aromatic nitrogens is 1. The van der Waals surface area contributed by atoms with Crippen LogP contribution in [0.4, 0.5) is 5.69 Å². The highest BCUT2D eigenvalue weighted by atomic mass is 15.3. The number of para-hydroxylation sites is 1. The first kappa shape index (κ1) is 24.5. The van der Waals surface area contributed by atoms with Crippen LogP contribution in [0, 0.1) is 0 Å². The summed E-state index contributed by atoms with van der Waals surface area (Å²) in [5, 5.41) is 7.42. The molecule has 3 heteroatoms. The Labute approximate surface area is 245 Å². The lowest BCUT2D eigenvalue weighted by Gasteiger charge is -2.29. The van der Waals surface area contributed by atoms with Crippen molar-refractivity contribution < 1.29 is 4.58 Å². The van der Waals surface area contributed by atoms with Crippen LogP contribution in [0.1, 0.15) is 35.8 Å². The van der Waals surface area contributed by atoms with Gasteiger partial charge in [0.2, 0.25) is 0 Å². The van der Waals surface area contributed by atoms with Gasteiger partial charge in [0.15, 0.2) is 0 Å². The molecule has 0 bridgehead atoms. The molecule has 1 aliphatic carbocycles. The van der Waals surface area contributed by atoms with Crippen LogP contribution in [0.15, 0.2) is 146 Å². The van der Waals surface area contributed by atoms with E-state index in [9.17, 15) is 0 Å². The fourth-order valence-electron chi connectivity index (χ4n) is 6.28. The smallest absolute Gasteiger partial charge is 0.248 e. The van der Waals surface area contributed by atoms with Gasteiger partial charge in [-0.25, -0.2) is 10.3 Å². The van der Waals surface area contributed by atoms with Gasteiger partial charge in [-0.3, -0.25) is 0 Å². The third kappa shape index (κ3) is 4.22. The lowest BCUT2D eigenvalue weighted by molar-refractivity contribution is -0.531. The Bertz CT molecular complexity index is 2040. The van der Waals surface area contributed by atoms with E-state index in [2.05, 4.69) is 156 Å². The summed E-state index contributed by atoms with van der Waals surface area (Å²) in [5.74, 6) is 1.12. The van der Waals surface area contributed by atoms with E-state index in [1.807, 2.05) is 0 Å². The van der Waals surface area contributed by atoms with Crippen molar-refractivity contribution in [2.45, 2.75) is 19.0 Å². The molecule has 3 nitrogen and oxygen atoms in total. The van der Waals surface area contributed by atoms with Crippen molar-refractivity contribution >= 4 is 38.8 Å². The number of amidine groups is 1. The highest BCUT2D eigenvalue weighted by Crippen LogP contribution is 2.38. The van der Waals surface area contributed by atoms with E-state index in [0.29, 0.717) is 0 Å². The van der Waals surface area contributed by atoms with Crippen molar-refractivity contribution in [3.8, 4) is 11.1 Å². The molecule has 0 fully saturated rings. The summed E-state index contributed by atoms with van der Waals surface area (Å²) < 4.78 is 2.40. The summed E-state index contributed by atoms with van der Waals surface area (Å²) in [6, 6.07) is 45.5. The molecule has 1 atom stereocenters. The Hall–Kier alpha value is -5.28. The third-order valence-corrected chi connectivity index (χ3v) is 8.36. The van der Waals surface area contributed by atoms with Crippen LogP contribution in [0.25, 0.3) is 38.4 Å². The van der Waals surface area contributed by atoms with Crippen molar-refractivity contribution in [1.82, 2.24) is 10.3 Å².